The summed E-state index contributed by atoms with van der Waals surface area (Å²) >= 11 is 0. The van der Waals surface area contributed by atoms with Gasteiger partial charge in [0.2, 0.25) is 0 Å². The van der Waals surface area contributed by atoms with Gasteiger partial charge in [0.25, 0.3) is 5.92 Å². The van der Waals surface area contributed by atoms with E-state index in [1.54, 1.807) is 6.92 Å². The van der Waals surface area contributed by atoms with Crippen LogP contribution in [0.4, 0.5) is 13.2 Å². The molecule has 1 aliphatic carbocycles. The van der Waals surface area contributed by atoms with E-state index in [1.165, 1.54) is 18.2 Å². The van der Waals surface area contributed by atoms with E-state index in [4.69, 9.17) is 11.5 Å². The average molecular weight is 476 g/mol. The summed E-state index contributed by atoms with van der Waals surface area (Å²) in [5.74, 6) is -3.70. The molecule has 6 bridgehead atoms. The molecule has 0 spiro atoms. The number of benzene rings is 1. The number of fused-ring (bicyclic) bond motifs is 9. The van der Waals surface area contributed by atoms with Crippen molar-refractivity contribution in [1.82, 2.24) is 10.2 Å². The van der Waals surface area contributed by atoms with Gasteiger partial charge in [-0.1, -0.05) is 43.2 Å². The second kappa shape index (κ2) is 10.5. The van der Waals surface area contributed by atoms with E-state index >= 15 is 13.2 Å². The van der Waals surface area contributed by atoms with Gasteiger partial charge < -0.3 is 21.7 Å². The van der Waals surface area contributed by atoms with Gasteiger partial charge in [0, 0.05) is 36.3 Å². The van der Waals surface area contributed by atoms with Crippen molar-refractivity contribution in [2.24, 2.45) is 22.4 Å². The van der Waals surface area contributed by atoms with Crippen LogP contribution in [0.5, 0.6) is 0 Å². The Kier molecular flexibility index (Phi) is 7.67. The van der Waals surface area contributed by atoms with Gasteiger partial charge in [-0.05, 0) is 45.2 Å². The summed E-state index contributed by atoms with van der Waals surface area (Å²) in [6.45, 7) is 5.23. The highest BCUT2D eigenvalue weighted by atomic mass is 19.3. The zero-order chi connectivity index (χ0) is 24.3. The SMILES string of the molecule is C[C@H]1N=C(N)C2=C(N)C(C=C2)NCCCCCCN2CC(CCC(F)(F)c3cccc1c3F)C2. The standard InChI is InChI=1S/C26H36F3N5/c1-17-19-7-6-8-21(23(19)27)26(28,29)12-11-18-15-34(16-18)14-5-3-2-4-13-32-22-10-9-20(24(22)30)25(31)33-17/h6-10,17-18,22,32H,2-5,11-16,30H2,1H3,(H2,31,33)/t17-,22?/m1/s1. The molecule has 3 heterocycles. The van der Waals surface area contributed by atoms with Crippen LogP contribution in [0.25, 0.3) is 0 Å². The zero-order valence-corrected chi connectivity index (χ0v) is 19.9. The van der Waals surface area contributed by atoms with Crippen LogP contribution >= 0.6 is 0 Å². The fourth-order valence-electron chi connectivity index (χ4n) is 5.11. The highest BCUT2D eigenvalue weighted by Crippen LogP contribution is 2.39. The van der Waals surface area contributed by atoms with Crippen LogP contribution in [0.2, 0.25) is 0 Å². The van der Waals surface area contributed by atoms with Crippen LogP contribution in [0, 0.1) is 11.7 Å². The van der Waals surface area contributed by atoms with E-state index < -0.39 is 23.3 Å². The maximum atomic E-state index is 15.3. The summed E-state index contributed by atoms with van der Waals surface area (Å²) in [4.78, 5) is 6.74. The average Bonchev–Trinajstić information content (AvgIpc) is 3.13. The minimum Gasteiger partial charge on any atom is -0.400 e. The van der Waals surface area contributed by atoms with Crippen LogP contribution in [-0.4, -0.2) is 43.0 Å². The van der Waals surface area contributed by atoms with Crippen molar-refractivity contribution in [2.45, 2.75) is 63.5 Å². The van der Waals surface area contributed by atoms with Gasteiger partial charge in [-0.2, -0.15) is 0 Å². The molecule has 4 aliphatic rings. The van der Waals surface area contributed by atoms with Crippen molar-refractivity contribution < 1.29 is 13.2 Å². The first-order valence-electron chi connectivity index (χ1n) is 12.4. The second-order valence-corrected chi connectivity index (χ2v) is 9.84. The van der Waals surface area contributed by atoms with Crippen LogP contribution in [-0.2, 0) is 5.92 Å². The number of nitrogens with zero attached hydrogens (tertiary/aromatic N) is 2. The Hall–Kier alpha value is -2.32. The lowest BCUT2D eigenvalue weighted by molar-refractivity contribution is -0.0320. The Labute approximate surface area is 200 Å². The molecule has 5 nitrogen and oxygen atoms in total. The molecular weight excluding hydrogens is 439 g/mol. The monoisotopic (exact) mass is 475 g/mol. The number of halogens is 3. The third-order valence-electron chi connectivity index (χ3n) is 7.25. The van der Waals surface area contributed by atoms with Crippen LogP contribution in [0.3, 0.4) is 0 Å². The van der Waals surface area contributed by atoms with E-state index in [2.05, 4.69) is 15.2 Å². The molecule has 0 amide bonds. The molecule has 1 fully saturated rings. The lowest BCUT2D eigenvalue weighted by Crippen LogP contribution is -2.47. The number of nitrogens with one attached hydrogen (secondary N) is 1. The topological polar surface area (TPSA) is 79.7 Å². The minimum atomic E-state index is -3.23. The number of rotatable bonds is 0. The first-order chi connectivity index (χ1) is 16.3. The van der Waals surface area contributed by atoms with Crippen molar-refractivity contribution in [3.05, 3.63) is 58.6 Å². The molecular formula is C26H36F3N5. The normalized spacial score (nSPS) is 30.6. The van der Waals surface area contributed by atoms with E-state index in [0.29, 0.717) is 17.7 Å². The summed E-state index contributed by atoms with van der Waals surface area (Å²) in [6.07, 6.45) is 8.24. The summed E-state index contributed by atoms with van der Waals surface area (Å²) in [5.41, 5.74) is 13.2. The molecule has 3 aliphatic heterocycles. The molecule has 8 heteroatoms. The van der Waals surface area contributed by atoms with Gasteiger partial charge in [0.15, 0.2) is 0 Å². The molecule has 5 rings (SSSR count). The summed E-state index contributed by atoms with van der Waals surface area (Å²) < 4.78 is 45.3. The van der Waals surface area contributed by atoms with Crippen LogP contribution < -0.4 is 16.8 Å². The number of hydrogen-bond donors (Lipinski definition) is 3. The first kappa shape index (κ1) is 24.8. The third kappa shape index (κ3) is 5.49. The molecule has 2 atom stereocenters. The number of nitrogens with two attached hydrogens (primary N) is 2. The van der Waals surface area contributed by atoms with Crippen molar-refractivity contribution >= 4 is 5.84 Å². The van der Waals surface area contributed by atoms with E-state index in [-0.39, 0.29) is 29.8 Å². The maximum Gasteiger partial charge on any atom is 0.276 e. The van der Waals surface area contributed by atoms with Crippen LogP contribution in [0.15, 0.2) is 46.6 Å². The lowest BCUT2D eigenvalue weighted by Gasteiger charge is -2.40. The third-order valence-corrected chi connectivity index (χ3v) is 7.25. The molecule has 0 radical (unpaired) electrons. The molecule has 34 heavy (non-hydrogen) atoms. The molecule has 1 aromatic rings. The van der Waals surface area contributed by atoms with Crippen molar-refractivity contribution in [1.29, 1.82) is 0 Å². The van der Waals surface area contributed by atoms with Crippen molar-refractivity contribution in [2.75, 3.05) is 26.2 Å². The van der Waals surface area contributed by atoms with E-state index in [9.17, 15) is 0 Å². The highest BCUT2D eigenvalue weighted by molar-refractivity contribution is 6.01. The Morgan fingerprint density at radius 3 is 2.68 bits per heavy atom. The maximum absolute atomic E-state index is 15.3. The number of alkyl halides is 2. The van der Waals surface area contributed by atoms with Gasteiger partial charge in [0.05, 0.1) is 17.6 Å². The molecule has 1 saturated heterocycles. The highest BCUT2D eigenvalue weighted by Gasteiger charge is 2.38. The Morgan fingerprint density at radius 1 is 1.12 bits per heavy atom. The largest absolute Gasteiger partial charge is 0.400 e. The summed E-state index contributed by atoms with van der Waals surface area (Å²) in [7, 11) is 0. The smallest absolute Gasteiger partial charge is 0.276 e. The predicted molar refractivity (Wildman–Crippen MR) is 130 cm³/mol. The predicted octanol–water partition coefficient (Wildman–Crippen LogP) is 4.36. The zero-order valence-electron chi connectivity index (χ0n) is 19.9. The molecule has 1 unspecified atom stereocenters. The van der Waals surface area contributed by atoms with Gasteiger partial charge >= 0.3 is 0 Å². The summed E-state index contributed by atoms with van der Waals surface area (Å²) in [6, 6.07) is 3.30. The molecule has 5 N–H and O–H groups in total. The van der Waals surface area contributed by atoms with Gasteiger partial charge in [0.1, 0.15) is 11.7 Å². The van der Waals surface area contributed by atoms with E-state index in [0.717, 1.165) is 51.9 Å². The first-order valence-corrected chi connectivity index (χ1v) is 12.4. The molecule has 0 aromatic heterocycles. The Bertz CT molecular complexity index is 965. The fourth-order valence-corrected chi connectivity index (χ4v) is 5.11. The van der Waals surface area contributed by atoms with Gasteiger partial charge in [-0.15, -0.1) is 0 Å². The van der Waals surface area contributed by atoms with E-state index in [1.807, 2.05) is 12.2 Å². The number of hydrogen-bond acceptors (Lipinski definition) is 5. The van der Waals surface area contributed by atoms with Gasteiger partial charge in [-0.25, -0.2) is 13.2 Å². The minimum absolute atomic E-state index is 0.105. The summed E-state index contributed by atoms with van der Waals surface area (Å²) in [5, 5.41) is 3.44. The quantitative estimate of drug-likeness (QED) is 0.521. The second-order valence-electron chi connectivity index (χ2n) is 9.84. The Balaban J connectivity index is 1.57. The number of amidine groups is 1. The van der Waals surface area contributed by atoms with Crippen molar-refractivity contribution in [3.63, 3.8) is 0 Å². The van der Waals surface area contributed by atoms with Crippen LogP contribution in [0.1, 0.15) is 62.6 Å². The molecule has 1 aromatic carbocycles. The Morgan fingerprint density at radius 2 is 1.88 bits per heavy atom. The van der Waals surface area contributed by atoms with Gasteiger partial charge in [-0.3, -0.25) is 4.99 Å². The number of aliphatic imine (C=N–C) groups is 1. The lowest BCUT2D eigenvalue weighted by atomic mass is 9.90. The molecule has 0 saturated carbocycles. The fraction of sp³-hybridized carbons (Fsp3) is 0.577. The molecule has 186 valence electrons. The van der Waals surface area contributed by atoms with Crippen molar-refractivity contribution in [3.8, 4) is 0 Å².